The fourth-order valence-electron chi connectivity index (χ4n) is 1.38. The molecule has 2 aromatic rings. The van der Waals surface area contributed by atoms with Gasteiger partial charge in [0.15, 0.2) is 5.16 Å². The van der Waals surface area contributed by atoms with E-state index < -0.39 is 5.97 Å². The Balaban J connectivity index is 2.13. The average Bonchev–Trinajstić information content (AvgIpc) is 2.85. The molecule has 0 spiro atoms. The summed E-state index contributed by atoms with van der Waals surface area (Å²) < 4.78 is 0. The number of carbonyl (C=O) groups is 1. The molecular weight excluding hydrogens is 250 g/mol. The van der Waals surface area contributed by atoms with Gasteiger partial charge in [0.25, 0.3) is 0 Å². The summed E-state index contributed by atoms with van der Waals surface area (Å²) in [5.74, 6) is -0.906. The lowest BCUT2D eigenvalue weighted by molar-refractivity contribution is -0.133. The maximum absolute atomic E-state index is 10.4. The van der Waals surface area contributed by atoms with Gasteiger partial charge < -0.3 is 10.1 Å². The molecule has 0 fully saturated rings. The minimum atomic E-state index is -0.878. The van der Waals surface area contributed by atoms with E-state index in [1.165, 1.54) is 0 Å². The minimum absolute atomic E-state index is 0.0275. The number of hydrogen-bond donors (Lipinski definition) is 2. The van der Waals surface area contributed by atoms with E-state index in [1.807, 2.05) is 18.2 Å². The van der Waals surface area contributed by atoms with Crippen LogP contribution < -0.4 is 0 Å². The third kappa shape index (κ3) is 2.90. The summed E-state index contributed by atoms with van der Waals surface area (Å²) in [4.78, 5) is 17.5. The van der Waals surface area contributed by atoms with Crippen molar-refractivity contribution in [3.05, 3.63) is 36.0 Å². The molecule has 1 aromatic heterocycles. The number of nitriles is 1. The number of H-pyrrole nitrogens is 1. The second kappa shape index (κ2) is 5.38. The molecule has 0 amide bonds. The number of imidazole rings is 1. The van der Waals surface area contributed by atoms with Crippen LogP contribution in [0.1, 0.15) is 5.56 Å². The standard InChI is InChI=1S/C12H9N3O2S/c13-5-8-1-3-9(4-2-8)10-6-14-12(15-10)18-7-11(16)17/h1-4,6H,7H2,(H,14,15)(H,16,17). The molecule has 18 heavy (non-hydrogen) atoms. The molecule has 0 atom stereocenters. The van der Waals surface area contributed by atoms with Gasteiger partial charge in [-0.2, -0.15) is 5.26 Å². The number of thioether (sulfide) groups is 1. The second-order valence-corrected chi connectivity index (χ2v) is 4.44. The van der Waals surface area contributed by atoms with Crippen molar-refractivity contribution in [1.82, 2.24) is 9.97 Å². The molecule has 1 heterocycles. The van der Waals surface area contributed by atoms with Gasteiger partial charge in [-0.05, 0) is 17.7 Å². The minimum Gasteiger partial charge on any atom is -0.481 e. The second-order valence-electron chi connectivity index (χ2n) is 3.47. The van der Waals surface area contributed by atoms with E-state index in [-0.39, 0.29) is 5.75 Å². The smallest absolute Gasteiger partial charge is 0.313 e. The maximum Gasteiger partial charge on any atom is 0.313 e. The van der Waals surface area contributed by atoms with Gasteiger partial charge in [-0.3, -0.25) is 4.79 Å². The van der Waals surface area contributed by atoms with Gasteiger partial charge in [0.1, 0.15) is 0 Å². The first-order chi connectivity index (χ1) is 8.69. The van der Waals surface area contributed by atoms with E-state index in [2.05, 4.69) is 9.97 Å². The number of benzene rings is 1. The number of rotatable bonds is 4. The van der Waals surface area contributed by atoms with Crippen molar-refractivity contribution in [2.24, 2.45) is 0 Å². The first-order valence-corrected chi connectivity index (χ1v) is 6.08. The van der Waals surface area contributed by atoms with Crippen LogP contribution in [0.5, 0.6) is 0 Å². The lowest BCUT2D eigenvalue weighted by Gasteiger charge is -1.97. The third-order valence-electron chi connectivity index (χ3n) is 2.21. The van der Waals surface area contributed by atoms with Crippen molar-refractivity contribution in [2.45, 2.75) is 5.16 Å². The summed E-state index contributed by atoms with van der Waals surface area (Å²) in [6.07, 6.45) is 1.64. The molecule has 0 unspecified atom stereocenters. The fourth-order valence-corrected chi connectivity index (χ4v) is 1.95. The van der Waals surface area contributed by atoms with Gasteiger partial charge in [0, 0.05) is 0 Å². The van der Waals surface area contributed by atoms with Crippen LogP contribution in [0, 0.1) is 11.3 Å². The topological polar surface area (TPSA) is 89.8 Å². The zero-order chi connectivity index (χ0) is 13.0. The molecule has 5 nitrogen and oxygen atoms in total. The molecule has 0 radical (unpaired) electrons. The Hall–Kier alpha value is -2.26. The molecule has 0 aliphatic carbocycles. The zero-order valence-corrected chi connectivity index (χ0v) is 10.1. The van der Waals surface area contributed by atoms with Gasteiger partial charge in [-0.15, -0.1) is 0 Å². The highest BCUT2D eigenvalue weighted by molar-refractivity contribution is 7.99. The van der Waals surface area contributed by atoms with Crippen molar-refractivity contribution < 1.29 is 9.90 Å². The molecule has 90 valence electrons. The van der Waals surface area contributed by atoms with Crippen LogP contribution in [0.3, 0.4) is 0 Å². The first-order valence-electron chi connectivity index (χ1n) is 5.09. The van der Waals surface area contributed by atoms with Crippen molar-refractivity contribution in [3.63, 3.8) is 0 Å². The van der Waals surface area contributed by atoms with Crippen LogP contribution in [0.4, 0.5) is 0 Å². The zero-order valence-electron chi connectivity index (χ0n) is 9.25. The maximum atomic E-state index is 10.4. The van der Waals surface area contributed by atoms with Crippen LogP contribution in [0.25, 0.3) is 11.3 Å². The molecule has 6 heteroatoms. The van der Waals surface area contributed by atoms with Crippen molar-refractivity contribution in [2.75, 3.05) is 5.75 Å². The normalized spacial score (nSPS) is 9.94. The highest BCUT2D eigenvalue weighted by Crippen LogP contribution is 2.21. The number of aromatic nitrogens is 2. The first kappa shape index (κ1) is 12.2. The summed E-state index contributed by atoms with van der Waals surface area (Å²) in [5, 5.41) is 17.8. The number of carboxylic acid groups (broad SMARTS) is 1. The van der Waals surface area contributed by atoms with Crippen molar-refractivity contribution in [1.29, 1.82) is 5.26 Å². The summed E-state index contributed by atoms with van der Waals surface area (Å²) in [5.41, 5.74) is 2.30. The van der Waals surface area contributed by atoms with Crippen LogP contribution in [0.15, 0.2) is 35.6 Å². The Morgan fingerprint density at radius 1 is 1.44 bits per heavy atom. The summed E-state index contributed by atoms with van der Waals surface area (Å²) in [6.45, 7) is 0. The van der Waals surface area contributed by atoms with Crippen LogP contribution in [-0.4, -0.2) is 26.8 Å². The van der Waals surface area contributed by atoms with Crippen LogP contribution in [-0.2, 0) is 4.79 Å². The van der Waals surface area contributed by atoms with E-state index >= 15 is 0 Å². The number of carboxylic acids is 1. The van der Waals surface area contributed by atoms with E-state index in [0.29, 0.717) is 10.7 Å². The lowest BCUT2D eigenvalue weighted by Crippen LogP contribution is -1.97. The van der Waals surface area contributed by atoms with E-state index in [9.17, 15) is 4.79 Å². The Kier molecular flexibility index (Phi) is 3.65. The van der Waals surface area contributed by atoms with E-state index in [1.54, 1.807) is 18.3 Å². The Morgan fingerprint density at radius 2 is 2.17 bits per heavy atom. The van der Waals surface area contributed by atoms with Crippen molar-refractivity contribution in [3.8, 4) is 17.3 Å². The Bertz CT molecular complexity index is 599. The summed E-state index contributed by atoms with van der Waals surface area (Å²) in [6, 6.07) is 9.13. The number of aliphatic carboxylic acids is 1. The van der Waals surface area contributed by atoms with Crippen LogP contribution in [0.2, 0.25) is 0 Å². The molecule has 0 aliphatic heterocycles. The monoisotopic (exact) mass is 259 g/mol. The number of hydrogen-bond acceptors (Lipinski definition) is 4. The summed E-state index contributed by atoms with van der Waals surface area (Å²) in [7, 11) is 0. The van der Waals surface area contributed by atoms with Gasteiger partial charge in [-0.25, -0.2) is 4.98 Å². The third-order valence-corrected chi connectivity index (χ3v) is 3.08. The molecular formula is C12H9N3O2S. The molecule has 0 saturated carbocycles. The van der Waals surface area contributed by atoms with Gasteiger partial charge >= 0.3 is 5.97 Å². The van der Waals surface area contributed by atoms with Crippen molar-refractivity contribution >= 4 is 17.7 Å². The Morgan fingerprint density at radius 3 is 2.78 bits per heavy atom. The predicted octanol–water partition coefficient (Wildman–Crippen LogP) is 2.13. The average molecular weight is 259 g/mol. The van der Waals surface area contributed by atoms with Crippen LogP contribution >= 0.6 is 11.8 Å². The quantitative estimate of drug-likeness (QED) is 0.821. The highest BCUT2D eigenvalue weighted by atomic mass is 32.2. The predicted molar refractivity (Wildman–Crippen MR) is 67.1 cm³/mol. The number of nitrogens with one attached hydrogen (secondary N) is 1. The highest BCUT2D eigenvalue weighted by Gasteiger charge is 2.05. The Labute approximate surface area is 107 Å². The SMILES string of the molecule is N#Cc1ccc(-c2cnc(SCC(=O)O)[nH]2)cc1. The molecule has 2 rings (SSSR count). The van der Waals surface area contributed by atoms with Gasteiger partial charge in [0.2, 0.25) is 0 Å². The molecule has 0 aliphatic rings. The van der Waals surface area contributed by atoms with Gasteiger partial charge in [0.05, 0.1) is 29.3 Å². The molecule has 2 N–H and O–H groups in total. The largest absolute Gasteiger partial charge is 0.481 e. The lowest BCUT2D eigenvalue weighted by atomic mass is 10.1. The van der Waals surface area contributed by atoms with E-state index in [0.717, 1.165) is 23.0 Å². The number of aromatic amines is 1. The molecule has 0 saturated heterocycles. The molecule has 0 bridgehead atoms. The fraction of sp³-hybridized carbons (Fsp3) is 0.0833. The molecule has 1 aromatic carbocycles. The number of nitrogens with zero attached hydrogens (tertiary/aromatic N) is 2. The van der Waals surface area contributed by atoms with Gasteiger partial charge in [-0.1, -0.05) is 23.9 Å². The van der Waals surface area contributed by atoms with E-state index in [4.69, 9.17) is 10.4 Å². The summed E-state index contributed by atoms with van der Waals surface area (Å²) >= 11 is 1.13.